The quantitative estimate of drug-likeness (QED) is 0.732. The lowest BCUT2D eigenvalue weighted by Gasteiger charge is -2.25. The number of hydrogen-bond acceptors (Lipinski definition) is 6. The van der Waals surface area contributed by atoms with Gasteiger partial charge in [0.25, 0.3) is 0 Å². The number of nitrogens with one attached hydrogen (secondary N) is 1. The molecule has 27 heavy (non-hydrogen) atoms. The van der Waals surface area contributed by atoms with Gasteiger partial charge in [-0.05, 0) is 13.0 Å². The van der Waals surface area contributed by atoms with Gasteiger partial charge >= 0.3 is 0 Å². The van der Waals surface area contributed by atoms with Crippen molar-refractivity contribution < 1.29 is 9.26 Å². The largest absolute Gasteiger partial charge is 0.494 e. The molecular formula is C21H18N4O2. The van der Waals surface area contributed by atoms with Crippen LogP contribution in [0.4, 0.5) is 5.88 Å². The van der Waals surface area contributed by atoms with Gasteiger partial charge in [0.05, 0.1) is 29.7 Å². The topological polar surface area (TPSA) is 97.1 Å². The average molecular weight is 358 g/mol. The van der Waals surface area contributed by atoms with E-state index in [-0.39, 0.29) is 5.82 Å². The summed E-state index contributed by atoms with van der Waals surface area (Å²) >= 11 is 0. The van der Waals surface area contributed by atoms with Crippen molar-refractivity contribution in [3.63, 3.8) is 0 Å². The Morgan fingerprint density at radius 1 is 1.19 bits per heavy atom. The molecule has 2 aromatic carbocycles. The molecule has 3 aromatic rings. The zero-order valence-electron chi connectivity index (χ0n) is 14.8. The third-order valence-electron chi connectivity index (χ3n) is 4.54. The Balaban J connectivity index is 1.97. The van der Waals surface area contributed by atoms with Gasteiger partial charge in [-0.3, -0.25) is 0 Å². The Kier molecular flexibility index (Phi) is 4.27. The average Bonchev–Trinajstić information content (AvgIpc) is 3.12. The van der Waals surface area contributed by atoms with Gasteiger partial charge in [-0.2, -0.15) is 5.26 Å². The van der Waals surface area contributed by atoms with Crippen molar-refractivity contribution in [3.8, 4) is 23.1 Å². The maximum atomic E-state index is 9.82. The summed E-state index contributed by atoms with van der Waals surface area (Å²) < 4.78 is 11.3. The molecule has 6 nitrogen and oxygen atoms in total. The van der Waals surface area contributed by atoms with E-state index in [9.17, 15) is 5.26 Å². The molecule has 0 fully saturated rings. The lowest BCUT2D eigenvalue weighted by molar-refractivity contribution is 0.336. The predicted molar refractivity (Wildman–Crippen MR) is 102 cm³/mol. The number of hydrogen-bond donors (Lipinski definition) is 2. The molecule has 4 rings (SSSR count). The van der Waals surface area contributed by atoms with E-state index in [1.807, 2.05) is 61.5 Å². The number of allylic oxidation sites excluding steroid dienone is 1. The van der Waals surface area contributed by atoms with Crippen molar-refractivity contribution in [2.45, 2.75) is 12.8 Å². The highest BCUT2D eigenvalue weighted by Gasteiger charge is 2.36. The van der Waals surface area contributed by atoms with E-state index >= 15 is 0 Å². The van der Waals surface area contributed by atoms with Crippen LogP contribution in [-0.2, 0) is 0 Å². The second-order valence-corrected chi connectivity index (χ2v) is 6.11. The molecule has 6 heteroatoms. The maximum Gasteiger partial charge on any atom is 0.235 e. The molecule has 0 saturated heterocycles. The van der Waals surface area contributed by atoms with Gasteiger partial charge < -0.3 is 20.3 Å². The summed E-state index contributed by atoms with van der Waals surface area (Å²) in [6.07, 6.45) is 0. The number of aromatic nitrogens is 1. The second-order valence-electron chi connectivity index (χ2n) is 6.11. The van der Waals surface area contributed by atoms with Crippen molar-refractivity contribution in [3.05, 3.63) is 77.1 Å². The number of ether oxygens (including phenoxy) is 1. The first-order valence-electron chi connectivity index (χ1n) is 8.68. The zero-order valence-corrected chi connectivity index (χ0v) is 14.8. The van der Waals surface area contributed by atoms with Crippen LogP contribution in [-0.4, -0.2) is 11.8 Å². The number of fused-ring (bicyclic) bond motifs is 1. The lowest BCUT2D eigenvalue weighted by Crippen LogP contribution is -2.23. The van der Waals surface area contributed by atoms with Crippen LogP contribution in [0.5, 0.6) is 5.75 Å². The monoisotopic (exact) mass is 358 g/mol. The molecule has 1 aliphatic rings. The number of benzene rings is 2. The van der Waals surface area contributed by atoms with Crippen molar-refractivity contribution in [1.29, 1.82) is 5.26 Å². The van der Waals surface area contributed by atoms with E-state index in [2.05, 4.69) is 16.5 Å². The molecule has 0 aliphatic carbocycles. The van der Waals surface area contributed by atoms with Crippen molar-refractivity contribution in [2.24, 2.45) is 5.73 Å². The van der Waals surface area contributed by atoms with Crippen LogP contribution < -0.4 is 15.8 Å². The smallest absolute Gasteiger partial charge is 0.235 e. The van der Waals surface area contributed by atoms with E-state index in [0.717, 1.165) is 16.7 Å². The highest BCUT2D eigenvalue weighted by molar-refractivity contribution is 5.76. The molecule has 0 spiro atoms. The molecule has 1 aromatic heterocycles. The number of para-hydroxylation sites is 1. The van der Waals surface area contributed by atoms with Crippen LogP contribution in [0.25, 0.3) is 11.3 Å². The fourth-order valence-corrected chi connectivity index (χ4v) is 3.39. The summed E-state index contributed by atoms with van der Waals surface area (Å²) in [6.45, 7) is 2.44. The van der Waals surface area contributed by atoms with Crippen LogP contribution in [0.15, 0.2) is 70.5 Å². The minimum Gasteiger partial charge on any atom is -0.494 e. The Morgan fingerprint density at radius 2 is 1.93 bits per heavy atom. The molecule has 1 atom stereocenters. The first kappa shape index (κ1) is 16.7. The van der Waals surface area contributed by atoms with E-state index in [4.69, 9.17) is 15.0 Å². The summed E-state index contributed by atoms with van der Waals surface area (Å²) in [5.74, 6) is 0.979. The first-order valence-corrected chi connectivity index (χ1v) is 8.68. The molecule has 1 aliphatic heterocycles. The highest BCUT2D eigenvalue weighted by Crippen LogP contribution is 2.47. The molecule has 134 valence electrons. The van der Waals surface area contributed by atoms with Gasteiger partial charge in [0, 0.05) is 11.1 Å². The fraction of sp³-hybridized carbons (Fsp3) is 0.143. The molecule has 0 amide bonds. The summed E-state index contributed by atoms with van der Waals surface area (Å²) in [4.78, 5) is 0. The van der Waals surface area contributed by atoms with E-state index in [0.29, 0.717) is 29.5 Å². The van der Waals surface area contributed by atoms with Crippen LogP contribution in [0, 0.1) is 11.3 Å². The maximum absolute atomic E-state index is 9.82. The van der Waals surface area contributed by atoms with Gasteiger partial charge in [0.15, 0.2) is 0 Å². The molecule has 0 bridgehead atoms. The molecule has 3 N–H and O–H groups in total. The summed E-state index contributed by atoms with van der Waals surface area (Å²) in [6, 6.07) is 19.6. The van der Waals surface area contributed by atoms with Crippen LogP contribution >= 0.6 is 0 Å². The van der Waals surface area contributed by atoms with Crippen LogP contribution in [0.2, 0.25) is 0 Å². The van der Waals surface area contributed by atoms with Gasteiger partial charge in [0.1, 0.15) is 17.3 Å². The van der Waals surface area contributed by atoms with Gasteiger partial charge in [-0.1, -0.05) is 53.7 Å². The van der Waals surface area contributed by atoms with Gasteiger partial charge in [0.2, 0.25) is 5.88 Å². The van der Waals surface area contributed by atoms with Crippen molar-refractivity contribution >= 4 is 5.88 Å². The van der Waals surface area contributed by atoms with Crippen molar-refractivity contribution in [1.82, 2.24) is 5.16 Å². The number of rotatable bonds is 4. The summed E-state index contributed by atoms with van der Waals surface area (Å²) in [7, 11) is 0. The van der Waals surface area contributed by atoms with E-state index in [1.54, 1.807) is 0 Å². The Bertz CT molecular complexity index is 1050. The third kappa shape index (κ3) is 2.79. The molecule has 0 unspecified atom stereocenters. The predicted octanol–water partition coefficient (Wildman–Crippen LogP) is 3.99. The highest BCUT2D eigenvalue weighted by atomic mass is 16.5. The van der Waals surface area contributed by atoms with Crippen LogP contribution in [0.3, 0.4) is 0 Å². The number of nitrogens with zero attached hydrogens (tertiary/aromatic N) is 2. The first-order chi connectivity index (χ1) is 13.2. The fourth-order valence-electron chi connectivity index (χ4n) is 3.39. The van der Waals surface area contributed by atoms with Gasteiger partial charge in [-0.25, -0.2) is 0 Å². The SMILES string of the molecule is CCOc1ccccc1[C@@H]1C(C#N)=C(N)Nc2onc(-c3ccccc3)c21. The van der Waals surface area contributed by atoms with E-state index < -0.39 is 5.92 Å². The van der Waals surface area contributed by atoms with E-state index in [1.165, 1.54) is 0 Å². The Hall–Kier alpha value is -3.72. The molecule has 0 saturated carbocycles. The summed E-state index contributed by atoms with van der Waals surface area (Å²) in [5, 5.41) is 17.0. The zero-order chi connectivity index (χ0) is 18.8. The number of anilines is 1. The van der Waals surface area contributed by atoms with Gasteiger partial charge in [-0.15, -0.1) is 0 Å². The third-order valence-corrected chi connectivity index (χ3v) is 4.54. The molecular weight excluding hydrogens is 340 g/mol. The van der Waals surface area contributed by atoms with Crippen molar-refractivity contribution in [2.75, 3.05) is 11.9 Å². The minimum absolute atomic E-state index is 0.261. The number of nitriles is 1. The number of nitrogens with two attached hydrogens (primary N) is 1. The molecule has 0 radical (unpaired) electrons. The minimum atomic E-state index is -0.435. The summed E-state index contributed by atoms with van der Waals surface area (Å²) in [5.41, 5.74) is 9.74. The standard InChI is InChI=1S/C21H18N4O2/c1-2-26-16-11-7-6-10-14(16)17-15(12-22)20(23)24-21-18(17)19(25-27-21)13-8-4-3-5-9-13/h3-11,17,24H,2,23H2,1H3/t17-/m1/s1. The Morgan fingerprint density at radius 3 is 2.67 bits per heavy atom. The normalized spacial score (nSPS) is 15.6. The Labute approximate surface area is 156 Å². The second kappa shape index (κ2) is 6.89. The van der Waals surface area contributed by atoms with Crippen LogP contribution in [0.1, 0.15) is 24.0 Å². The molecule has 2 heterocycles. The lowest BCUT2D eigenvalue weighted by atomic mass is 9.81.